The predicted octanol–water partition coefficient (Wildman–Crippen LogP) is 3.45. The fraction of sp³-hybridized carbons (Fsp3) is 0.250. The van der Waals surface area contributed by atoms with Gasteiger partial charge in [0.15, 0.2) is 0 Å². The maximum absolute atomic E-state index is 12.8. The number of hydrogen-bond donors (Lipinski definition) is 0. The zero-order valence-corrected chi connectivity index (χ0v) is 13.9. The van der Waals surface area contributed by atoms with E-state index < -0.39 is 10.8 Å². The molecule has 0 saturated carbocycles. The van der Waals surface area contributed by atoms with Crippen molar-refractivity contribution in [1.29, 1.82) is 0 Å². The molecular weight excluding hydrogens is 314 g/mol. The van der Waals surface area contributed by atoms with E-state index in [1.807, 2.05) is 47.9 Å². The lowest BCUT2D eigenvalue weighted by Gasteiger charge is -2.12. The number of nitrogens with zero attached hydrogens (tertiary/aromatic N) is 3. The molecule has 0 radical (unpaired) electrons. The van der Waals surface area contributed by atoms with Crippen molar-refractivity contribution in [2.75, 3.05) is 0 Å². The zero-order valence-electron chi connectivity index (χ0n) is 12.3. The minimum Gasteiger partial charge on any atom is -0.306 e. The van der Waals surface area contributed by atoms with Crippen molar-refractivity contribution in [1.82, 2.24) is 14.8 Å². The summed E-state index contributed by atoms with van der Waals surface area (Å²) in [5.74, 6) is 0. The van der Waals surface area contributed by atoms with Crippen molar-refractivity contribution >= 4 is 22.1 Å². The summed E-state index contributed by atoms with van der Waals surface area (Å²) in [5, 5.41) is 10.5. The van der Waals surface area contributed by atoms with Gasteiger partial charge in [-0.1, -0.05) is 36.4 Å². The highest BCUT2D eigenvalue weighted by Gasteiger charge is 2.20. The molecule has 0 N–H and O–H groups in total. The molecule has 3 rings (SSSR count). The van der Waals surface area contributed by atoms with Crippen LogP contribution >= 0.6 is 11.3 Å². The Balaban J connectivity index is 1.74. The third-order valence-electron chi connectivity index (χ3n) is 3.53. The normalized spacial score (nSPS) is 13.9. The van der Waals surface area contributed by atoms with Crippen LogP contribution < -0.4 is 0 Å². The molecule has 0 aliphatic heterocycles. The highest BCUT2D eigenvalue weighted by molar-refractivity contribution is 7.85. The predicted molar refractivity (Wildman–Crippen MR) is 89.3 cm³/mol. The Kier molecular flexibility index (Phi) is 4.80. The molecule has 0 spiro atoms. The van der Waals surface area contributed by atoms with Gasteiger partial charge in [-0.3, -0.25) is 4.21 Å². The van der Waals surface area contributed by atoms with Crippen LogP contribution in [0.25, 0.3) is 0 Å². The van der Waals surface area contributed by atoms with Crippen LogP contribution in [0.2, 0.25) is 0 Å². The molecule has 2 atom stereocenters. The third kappa shape index (κ3) is 3.34. The minimum atomic E-state index is -1.22. The van der Waals surface area contributed by atoms with Gasteiger partial charge < -0.3 is 4.57 Å². The molecule has 0 aliphatic rings. The smallest absolute Gasteiger partial charge is 0.222 e. The number of hydrogen-bond acceptors (Lipinski definition) is 4. The topological polar surface area (TPSA) is 47.8 Å². The van der Waals surface area contributed by atoms with Crippen LogP contribution in [0.15, 0.2) is 59.3 Å². The first-order valence-corrected chi connectivity index (χ1v) is 9.20. The summed E-state index contributed by atoms with van der Waals surface area (Å²) >= 11 is 1.73. The molecule has 114 valence electrons. The highest BCUT2D eigenvalue weighted by atomic mass is 32.2. The number of benzene rings is 1. The average molecular weight is 331 g/mol. The van der Waals surface area contributed by atoms with Crippen LogP contribution in [0, 0.1) is 0 Å². The second kappa shape index (κ2) is 6.98. The molecule has 2 heterocycles. The summed E-state index contributed by atoms with van der Waals surface area (Å²) < 4.78 is 14.7. The van der Waals surface area contributed by atoms with Crippen molar-refractivity contribution in [2.45, 2.75) is 30.3 Å². The number of thiophene rings is 1. The fourth-order valence-corrected chi connectivity index (χ4v) is 4.16. The van der Waals surface area contributed by atoms with Gasteiger partial charge in [0.2, 0.25) is 5.16 Å². The van der Waals surface area contributed by atoms with Crippen molar-refractivity contribution in [2.24, 2.45) is 0 Å². The molecule has 4 nitrogen and oxygen atoms in total. The van der Waals surface area contributed by atoms with Gasteiger partial charge in [0.25, 0.3) is 0 Å². The van der Waals surface area contributed by atoms with E-state index in [1.165, 1.54) is 4.88 Å². The van der Waals surface area contributed by atoms with Gasteiger partial charge in [0, 0.05) is 11.4 Å². The van der Waals surface area contributed by atoms with Crippen LogP contribution in [-0.2, 0) is 23.8 Å². The van der Waals surface area contributed by atoms with Gasteiger partial charge >= 0.3 is 0 Å². The maximum Gasteiger partial charge on any atom is 0.222 e. The molecule has 0 saturated heterocycles. The molecule has 0 amide bonds. The maximum atomic E-state index is 12.8. The lowest BCUT2D eigenvalue weighted by atomic mass is 10.2. The van der Waals surface area contributed by atoms with E-state index in [1.54, 1.807) is 17.7 Å². The summed E-state index contributed by atoms with van der Waals surface area (Å²) in [4.78, 5) is 1.31. The monoisotopic (exact) mass is 331 g/mol. The number of aromatic nitrogens is 3. The number of rotatable bonds is 6. The summed E-state index contributed by atoms with van der Waals surface area (Å²) in [6.45, 7) is 2.71. The Hall–Kier alpha value is -1.79. The van der Waals surface area contributed by atoms with Crippen molar-refractivity contribution in [3.05, 3.63) is 64.6 Å². The molecule has 0 fully saturated rings. The van der Waals surface area contributed by atoms with Crippen LogP contribution in [0.1, 0.15) is 22.6 Å². The van der Waals surface area contributed by atoms with E-state index in [0.717, 1.165) is 18.5 Å². The lowest BCUT2D eigenvalue weighted by molar-refractivity contribution is 0.610. The van der Waals surface area contributed by atoms with Crippen LogP contribution in [0.4, 0.5) is 0 Å². The second-order valence-corrected chi connectivity index (χ2v) is 7.69. The van der Waals surface area contributed by atoms with Crippen molar-refractivity contribution in [3.63, 3.8) is 0 Å². The summed E-state index contributed by atoms with van der Waals surface area (Å²) in [6.07, 6.45) is 2.57. The number of aryl methyl sites for hydroxylation is 2. The Morgan fingerprint density at radius 2 is 2.05 bits per heavy atom. The SMILES string of the molecule is C[C@@H](c1ccccc1)[S@@](=O)c1nncn1CCc1cccs1. The van der Waals surface area contributed by atoms with E-state index in [4.69, 9.17) is 0 Å². The molecule has 0 aliphatic carbocycles. The molecule has 0 unspecified atom stereocenters. The first kappa shape index (κ1) is 15.1. The largest absolute Gasteiger partial charge is 0.306 e. The Morgan fingerprint density at radius 1 is 1.23 bits per heavy atom. The second-order valence-electron chi connectivity index (χ2n) is 4.99. The molecular formula is C16H17N3OS2. The Labute approximate surface area is 136 Å². The summed E-state index contributed by atoms with van der Waals surface area (Å²) in [5.41, 5.74) is 1.05. The van der Waals surface area contributed by atoms with E-state index in [2.05, 4.69) is 21.6 Å². The van der Waals surface area contributed by atoms with Gasteiger partial charge in [-0.15, -0.1) is 21.5 Å². The van der Waals surface area contributed by atoms with Crippen LogP contribution in [0.3, 0.4) is 0 Å². The lowest BCUT2D eigenvalue weighted by Crippen LogP contribution is -2.11. The first-order valence-electron chi connectivity index (χ1n) is 7.11. The van der Waals surface area contributed by atoms with E-state index in [9.17, 15) is 4.21 Å². The quantitative estimate of drug-likeness (QED) is 0.695. The van der Waals surface area contributed by atoms with Crippen molar-refractivity contribution in [3.8, 4) is 0 Å². The molecule has 22 heavy (non-hydrogen) atoms. The zero-order chi connectivity index (χ0) is 15.4. The van der Waals surface area contributed by atoms with E-state index in [-0.39, 0.29) is 5.25 Å². The summed E-state index contributed by atoms with van der Waals surface area (Å²) in [7, 11) is -1.22. The van der Waals surface area contributed by atoms with Gasteiger partial charge in [0.1, 0.15) is 6.33 Å². The first-order chi connectivity index (χ1) is 10.8. The molecule has 1 aromatic carbocycles. The van der Waals surface area contributed by atoms with Gasteiger partial charge in [-0.2, -0.15) is 0 Å². The minimum absolute atomic E-state index is 0.106. The van der Waals surface area contributed by atoms with Crippen molar-refractivity contribution < 1.29 is 4.21 Å². The molecule has 3 aromatic rings. The molecule has 2 aromatic heterocycles. The molecule has 0 bridgehead atoms. The van der Waals surface area contributed by atoms with E-state index in [0.29, 0.717) is 5.16 Å². The average Bonchev–Trinajstić information content (AvgIpc) is 3.23. The van der Waals surface area contributed by atoms with Gasteiger partial charge in [0.05, 0.1) is 16.0 Å². The Morgan fingerprint density at radius 3 is 2.77 bits per heavy atom. The van der Waals surface area contributed by atoms with Gasteiger partial charge in [-0.25, -0.2) is 0 Å². The molecule has 6 heteroatoms. The standard InChI is InChI=1S/C16H17N3OS2/c1-13(14-6-3-2-4-7-14)22(20)16-18-17-12-19(16)10-9-15-8-5-11-21-15/h2-8,11-13H,9-10H2,1H3/t13-,22+/m0/s1. The van der Waals surface area contributed by atoms with Crippen LogP contribution in [-0.4, -0.2) is 19.0 Å². The third-order valence-corrected chi connectivity index (χ3v) is 6.06. The fourth-order valence-electron chi connectivity index (χ4n) is 2.24. The Bertz CT molecular complexity index is 738. The van der Waals surface area contributed by atoms with Crippen LogP contribution in [0.5, 0.6) is 0 Å². The highest BCUT2D eigenvalue weighted by Crippen LogP contribution is 2.23. The van der Waals surface area contributed by atoms with Gasteiger partial charge in [-0.05, 0) is 30.4 Å². The summed E-state index contributed by atoms with van der Waals surface area (Å²) in [6, 6.07) is 14.0. The van der Waals surface area contributed by atoms with E-state index >= 15 is 0 Å².